The van der Waals surface area contributed by atoms with Crippen molar-refractivity contribution in [3.63, 3.8) is 0 Å². The molecule has 0 radical (unpaired) electrons. The first kappa shape index (κ1) is 7.66. The number of hydrogen-bond acceptors (Lipinski definition) is 1. The maximum atomic E-state index is 4.05. The van der Waals surface area contributed by atoms with Crippen LogP contribution in [-0.4, -0.2) is 22.1 Å². The molecule has 1 aromatic heterocycles. The molecule has 1 rings (SSSR count). The van der Waals surface area contributed by atoms with Gasteiger partial charge in [-0.05, 0) is 12.5 Å². The van der Waals surface area contributed by atoms with Gasteiger partial charge in [0.05, 0.1) is 6.33 Å². The van der Waals surface area contributed by atoms with E-state index in [0.717, 1.165) is 0 Å². The molecule has 1 aromatic rings. The van der Waals surface area contributed by atoms with Gasteiger partial charge < -0.3 is 4.57 Å². The molecule has 58 valence electrons. The number of nitrogens with zero attached hydrogens (tertiary/aromatic N) is 2. The van der Waals surface area contributed by atoms with Gasteiger partial charge in [-0.2, -0.15) is 0 Å². The summed E-state index contributed by atoms with van der Waals surface area (Å²) in [5.74, 6) is 1.19. The molecule has 0 amide bonds. The first-order chi connectivity index (χ1) is 4.70. The van der Waals surface area contributed by atoms with Crippen molar-refractivity contribution in [2.45, 2.75) is 5.75 Å². The van der Waals surface area contributed by atoms with Crippen LogP contribution in [0.15, 0.2) is 12.5 Å². The number of thiol groups is 1. The SMILES string of the molecule is Cn1cncc1C[SH](C)C. The zero-order valence-electron chi connectivity index (χ0n) is 6.70. The highest BCUT2D eigenvalue weighted by Gasteiger charge is 1.97. The number of imidazole rings is 1. The zero-order valence-corrected chi connectivity index (χ0v) is 7.60. The Morgan fingerprint density at radius 3 is 2.70 bits per heavy atom. The Morgan fingerprint density at radius 2 is 2.30 bits per heavy atom. The lowest BCUT2D eigenvalue weighted by atomic mass is 10.5. The van der Waals surface area contributed by atoms with E-state index in [1.807, 2.05) is 19.6 Å². The van der Waals surface area contributed by atoms with Crippen molar-refractivity contribution in [2.24, 2.45) is 7.05 Å². The molecule has 0 unspecified atom stereocenters. The summed E-state index contributed by atoms with van der Waals surface area (Å²) in [6, 6.07) is 0. The standard InChI is InChI=1S/C7H14N2S/c1-9-6-8-4-7(9)5-10(2)3/h4,6,10H,5H2,1-3H3. The lowest BCUT2D eigenvalue weighted by Gasteiger charge is -2.07. The maximum Gasteiger partial charge on any atom is 0.0945 e. The summed E-state index contributed by atoms with van der Waals surface area (Å²) in [6.45, 7) is 0. The van der Waals surface area contributed by atoms with Crippen LogP contribution in [0.25, 0.3) is 0 Å². The maximum absolute atomic E-state index is 4.05. The van der Waals surface area contributed by atoms with Crippen LogP contribution >= 0.6 is 10.9 Å². The molecule has 1 heterocycles. The fourth-order valence-electron chi connectivity index (χ4n) is 0.861. The average molecular weight is 158 g/mol. The number of hydrogen-bond donors (Lipinski definition) is 1. The van der Waals surface area contributed by atoms with E-state index < -0.39 is 0 Å². The summed E-state index contributed by atoms with van der Waals surface area (Å²) in [6.07, 6.45) is 8.36. The van der Waals surface area contributed by atoms with Gasteiger partial charge in [-0.15, -0.1) is 0 Å². The molecule has 0 aliphatic carbocycles. The Balaban J connectivity index is 2.65. The fraction of sp³-hybridized carbons (Fsp3) is 0.571. The lowest BCUT2D eigenvalue weighted by Crippen LogP contribution is -1.93. The summed E-state index contributed by atoms with van der Waals surface area (Å²) in [7, 11) is 2.21. The minimum absolute atomic E-state index is 0.172. The molecular weight excluding hydrogens is 144 g/mol. The van der Waals surface area contributed by atoms with Crippen molar-refractivity contribution in [1.29, 1.82) is 0 Å². The summed E-state index contributed by atoms with van der Waals surface area (Å²) < 4.78 is 2.09. The van der Waals surface area contributed by atoms with Crippen molar-refractivity contribution in [3.05, 3.63) is 18.2 Å². The van der Waals surface area contributed by atoms with E-state index in [9.17, 15) is 0 Å². The smallest absolute Gasteiger partial charge is 0.0945 e. The molecule has 2 nitrogen and oxygen atoms in total. The molecule has 0 saturated carbocycles. The highest BCUT2D eigenvalue weighted by molar-refractivity contribution is 8.15. The van der Waals surface area contributed by atoms with Crippen LogP contribution in [0.2, 0.25) is 0 Å². The highest BCUT2D eigenvalue weighted by Crippen LogP contribution is 2.19. The predicted octanol–water partition coefficient (Wildman–Crippen LogP) is 1.18. The molecule has 0 saturated heterocycles. The van der Waals surface area contributed by atoms with Crippen LogP contribution in [0.5, 0.6) is 0 Å². The van der Waals surface area contributed by atoms with Crippen molar-refractivity contribution in [1.82, 2.24) is 9.55 Å². The van der Waals surface area contributed by atoms with Gasteiger partial charge in [-0.1, -0.05) is 0 Å². The molecule has 0 aromatic carbocycles. The number of aromatic nitrogens is 2. The molecular formula is C7H14N2S. The van der Waals surface area contributed by atoms with Gasteiger partial charge >= 0.3 is 0 Å². The van der Waals surface area contributed by atoms with Gasteiger partial charge in [-0.3, -0.25) is 10.9 Å². The Labute approximate surface area is 64.6 Å². The van der Waals surface area contributed by atoms with Gasteiger partial charge in [0.2, 0.25) is 0 Å². The fourth-order valence-corrected chi connectivity index (χ4v) is 1.81. The van der Waals surface area contributed by atoms with E-state index in [-0.39, 0.29) is 10.9 Å². The molecule has 0 bridgehead atoms. The van der Waals surface area contributed by atoms with E-state index in [4.69, 9.17) is 0 Å². The van der Waals surface area contributed by atoms with Gasteiger partial charge in [0.25, 0.3) is 0 Å². The Kier molecular flexibility index (Phi) is 2.38. The molecule has 10 heavy (non-hydrogen) atoms. The van der Waals surface area contributed by atoms with E-state index in [1.54, 1.807) is 0 Å². The predicted molar refractivity (Wildman–Crippen MR) is 47.7 cm³/mol. The molecule has 0 spiro atoms. The Morgan fingerprint density at radius 1 is 1.60 bits per heavy atom. The van der Waals surface area contributed by atoms with Crippen molar-refractivity contribution >= 4 is 10.9 Å². The quantitative estimate of drug-likeness (QED) is 0.640. The summed E-state index contributed by atoms with van der Waals surface area (Å²) in [5.41, 5.74) is 1.34. The lowest BCUT2D eigenvalue weighted by molar-refractivity contribution is 0.867. The third kappa shape index (κ3) is 1.77. The summed E-state index contributed by atoms with van der Waals surface area (Å²) in [4.78, 5) is 4.05. The minimum Gasteiger partial charge on any atom is -0.337 e. The van der Waals surface area contributed by atoms with Crippen LogP contribution in [0.1, 0.15) is 5.69 Å². The van der Waals surface area contributed by atoms with E-state index in [2.05, 4.69) is 22.1 Å². The minimum atomic E-state index is 0.172. The van der Waals surface area contributed by atoms with Crippen LogP contribution in [0, 0.1) is 0 Å². The monoisotopic (exact) mass is 158 g/mol. The Bertz CT molecular complexity index is 205. The van der Waals surface area contributed by atoms with Crippen LogP contribution in [0.3, 0.4) is 0 Å². The summed E-state index contributed by atoms with van der Waals surface area (Å²) >= 11 is 0. The first-order valence-electron chi connectivity index (χ1n) is 3.30. The van der Waals surface area contributed by atoms with Crippen LogP contribution in [-0.2, 0) is 12.8 Å². The average Bonchev–Trinajstić information content (AvgIpc) is 2.15. The van der Waals surface area contributed by atoms with Gasteiger partial charge in [-0.25, -0.2) is 4.98 Å². The molecule has 0 atom stereocenters. The van der Waals surface area contributed by atoms with Gasteiger partial charge in [0.15, 0.2) is 0 Å². The second kappa shape index (κ2) is 3.10. The molecule has 0 fully saturated rings. The van der Waals surface area contributed by atoms with Gasteiger partial charge in [0.1, 0.15) is 0 Å². The third-order valence-corrected chi connectivity index (χ3v) is 2.35. The van der Waals surface area contributed by atoms with E-state index in [0.29, 0.717) is 0 Å². The van der Waals surface area contributed by atoms with Crippen LogP contribution in [0.4, 0.5) is 0 Å². The largest absolute Gasteiger partial charge is 0.337 e. The second-order valence-corrected chi connectivity index (χ2v) is 5.21. The molecule has 0 aliphatic rings. The number of rotatable bonds is 2. The van der Waals surface area contributed by atoms with Gasteiger partial charge in [0, 0.05) is 24.7 Å². The molecule has 3 heteroatoms. The normalized spacial score (nSPS) is 11.7. The topological polar surface area (TPSA) is 17.8 Å². The summed E-state index contributed by atoms with van der Waals surface area (Å²) in [5, 5.41) is 0. The van der Waals surface area contributed by atoms with E-state index >= 15 is 0 Å². The number of aryl methyl sites for hydroxylation is 1. The van der Waals surface area contributed by atoms with Crippen LogP contribution < -0.4 is 0 Å². The highest BCUT2D eigenvalue weighted by atomic mass is 32.2. The first-order valence-corrected chi connectivity index (χ1v) is 5.72. The van der Waals surface area contributed by atoms with Crippen molar-refractivity contribution in [2.75, 3.05) is 12.5 Å². The second-order valence-electron chi connectivity index (χ2n) is 2.73. The zero-order chi connectivity index (χ0) is 7.56. The third-order valence-electron chi connectivity index (χ3n) is 1.39. The van der Waals surface area contributed by atoms with Crippen molar-refractivity contribution < 1.29 is 0 Å². The Hall–Kier alpha value is -0.440. The molecule has 0 N–H and O–H groups in total. The van der Waals surface area contributed by atoms with Crippen molar-refractivity contribution in [3.8, 4) is 0 Å². The van der Waals surface area contributed by atoms with E-state index in [1.165, 1.54) is 11.4 Å². The molecule has 0 aliphatic heterocycles.